The third-order valence-corrected chi connectivity index (χ3v) is 4.45. The molecule has 1 aromatic carbocycles. The number of likely N-dealkylation sites (tertiary alicyclic amines) is 1. The second kappa shape index (κ2) is 8.26. The standard InChI is InChI=1S/C15H22N2O4S/c1-21-14-4-2-13(3-5-14)15(18)17-10-7-12(8-11-17)6-9-16-22(19)20/h2-5,12,16H,6-11H2,1H3,(H,19,20)/p-1. The predicted octanol–water partition coefficient (Wildman–Crippen LogP) is 1.32. The van der Waals surface area contributed by atoms with E-state index in [9.17, 15) is 13.6 Å². The van der Waals surface area contributed by atoms with Gasteiger partial charge in [-0.3, -0.25) is 9.00 Å². The number of piperidine rings is 1. The van der Waals surface area contributed by atoms with Gasteiger partial charge in [0.05, 0.1) is 7.11 Å². The minimum atomic E-state index is -2.19. The van der Waals surface area contributed by atoms with E-state index in [1.165, 1.54) is 0 Å². The summed E-state index contributed by atoms with van der Waals surface area (Å²) in [6.45, 7) is 1.90. The lowest BCUT2D eigenvalue weighted by Crippen LogP contribution is -2.39. The molecular weight excluding hydrogens is 304 g/mol. The zero-order chi connectivity index (χ0) is 15.9. The number of methoxy groups -OCH3 is 1. The summed E-state index contributed by atoms with van der Waals surface area (Å²) in [4.78, 5) is 14.3. The summed E-state index contributed by atoms with van der Waals surface area (Å²) < 4.78 is 28.3. The first-order valence-corrected chi connectivity index (χ1v) is 8.43. The Balaban J connectivity index is 1.80. The van der Waals surface area contributed by atoms with E-state index in [0.29, 0.717) is 18.0 Å². The van der Waals surface area contributed by atoms with E-state index < -0.39 is 11.3 Å². The average molecular weight is 325 g/mol. The van der Waals surface area contributed by atoms with Gasteiger partial charge in [-0.25, -0.2) is 4.72 Å². The molecule has 0 bridgehead atoms. The topological polar surface area (TPSA) is 81.7 Å². The van der Waals surface area contributed by atoms with Crippen molar-refractivity contribution in [2.24, 2.45) is 5.92 Å². The maximum Gasteiger partial charge on any atom is 0.253 e. The maximum atomic E-state index is 12.4. The monoisotopic (exact) mass is 325 g/mol. The molecule has 1 aliphatic rings. The fraction of sp³-hybridized carbons (Fsp3) is 0.533. The number of rotatable bonds is 6. The van der Waals surface area contributed by atoms with Gasteiger partial charge in [0.15, 0.2) is 0 Å². The molecule has 0 aromatic heterocycles. The molecule has 122 valence electrons. The van der Waals surface area contributed by atoms with Crippen molar-refractivity contribution in [3.8, 4) is 5.75 Å². The fourth-order valence-electron chi connectivity index (χ4n) is 2.69. The molecule has 1 saturated heterocycles. The summed E-state index contributed by atoms with van der Waals surface area (Å²) in [6, 6.07) is 7.13. The van der Waals surface area contributed by atoms with Gasteiger partial charge in [-0.05, 0) is 49.4 Å². The molecular formula is C15H21N2O4S-. The van der Waals surface area contributed by atoms with Crippen LogP contribution in [0.4, 0.5) is 0 Å². The molecule has 22 heavy (non-hydrogen) atoms. The van der Waals surface area contributed by atoms with Crippen LogP contribution in [0.15, 0.2) is 24.3 Å². The minimum absolute atomic E-state index is 0.0416. The summed E-state index contributed by atoms with van der Waals surface area (Å²) >= 11 is -2.19. The Bertz CT molecular complexity index is 513. The molecule has 1 unspecified atom stereocenters. The van der Waals surface area contributed by atoms with Gasteiger partial charge in [-0.15, -0.1) is 0 Å². The van der Waals surface area contributed by atoms with Crippen molar-refractivity contribution in [3.05, 3.63) is 29.8 Å². The van der Waals surface area contributed by atoms with Crippen molar-refractivity contribution in [2.45, 2.75) is 19.3 Å². The van der Waals surface area contributed by atoms with Crippen LogP contribution in [-0.2, 0) is 11.3 Å². The van der Waals surface area contributed by atoms with Crippen LogP contribution in [0.25, 0.3) is 0 Å². The Morgan fingerprint density at radius 3 is 2.55 bits per heavy atom. The molecule has 1 aromatic rings. The number of nitrogens with zero attached hydrogens (tertiary/aromatic N) is 1. The van der Waals surface area contributed by atoms with Crippen LogP contribution in [0, 0.1) is 5.92 Å². The van der Waals surface area contributed by atoms with Crippen molar-refractivity contribution in [1.82, 2.24) is 9.62 Å². The molecule has 0 radical (unpaired) electrons. The number of carbonyl (C=O) groups excluding carboxylic acids is 1. The van der Waals surface area contributed by atoms with Crippen LogP contribution in [0.3, 0.4) is 0 Å². The third-order valence-electron chi connectivity index (χ3n) is 4.01. The highest BCUT2D eigenvalue weighted by Gasteiger charge is 2.23. The van der Waals surface area contributed by atoms with E-state index in [0.717, 1.165) is 38.1 Å². The molecule has 1 N–H and O–H groups in total. The van der Waals surface area contributed by atoms with E-state index >= 15 is 0 Å². The average Bonchev–Trinajstić information content (AvgIpc) is 2.54. The molecule has 1 aliphatic heterocycles. The highest BCUT2D eigenvalue weighted by Crippen LogP contribution is 2.22. The number of nitrogens with one attached hydrogen (secondary N) is 1. The minimum Gasteiger partial charge on any atom is -0.760 e. The Kier molecular flexibility index (Phi) is 6.35. The highest BCUT2D eigenvalue weighted by molar-refractivity contribution is 7.77. The number of hydrogen-bond acceptors (Lipinski definition) is 4. The Labute approximate surface area is 133 Å². The van der Waals surface area contributed by atoms with Gasteiger partial charge in [0, 0.05) is 36.5 Å². The fourth-order valence-corrected chi connectivity index (χ4v) is 2.97. The van der Waals surface area contributed by atoms with Gasteiger partial charge in [0.1, 0.15) is 5.75 Å². The van der Waals surface area contributed by atoms with Crippen molar-refractivity contribution < 1.29 is 18.3 Å². The van der Waals surface area contributed by atoms with Crippen LogP contribution >= 0.6 is 0 Å². The van der Waals surface area contributed by atoms with Crippen LogP contribution < -0.4 is 9.46 Å². The summed E-state index contributed by atoms with van der Waals surface area (Å²) in [5, 5.41) is 0. The van der Waals surface area contributed by atoms with Gasteiger partial charge in [0.25, 0.3) is 5.91 Å². The van der Waals surface area contributed by atoms with E-state index in [1.807, 2.05) is 4.90 Å². The Morgan fingerprint density at radius 2 is 2.00 bits per heavy atom. The largest absolute Gasteiger partial charge is 0.760 e. The lowest BCUT2D eigenvalue weighted by molar-refractivity contribution is 0.0687. The quantitative estimate of drug-likeness (QED) is 0.800. The zero-order valence-corrected chi connectivity index (χ0v) is 13.4. The van der Waals surface area contributed by atoms with Crippen molar-refractivity contribution >= 4 is 17.2 Å². The highest BCUT2D eigenvalue weighted by atomic mass is 32.2. The SMILES string of the molecule is COc1ccc(C(=O)N2CCC(CCNS(=O)[O-])CC2)cc1. The molecule has 1 heterocycles. The third kappa shape index (κ3) is 4.79. The summed E-state index contributed by atoms with van der Waals surface area (Å²) in [5.74, 6) is 1.24. The number of carbonyl (C=O) groups is 1. The number of ether oxygens (including phenoxy) is 1. The molecule has 1 amide bonds. The second-order valence-corrected chi connectivity index (χ2v) is 6.14. The molecule has 1 atom stereocenters. The molecule has 2 rings (SSSR count). The van der Waals surface area contributed by atoms with E-state index in [-0.39, 0.29) is 5.91 Å². The van der Waals surface area contributed by atoms with Crippen LogP contribution in [-0.4, -0.2) is 46.3 Å². The lowest BCUT2D eigenvalue weighted by atomic mass is 9.93. The van der Waals surface area contributed by atoms with Gasteiger partial charge in [-0.1, -0.05) is 0 Å². The van der Waals surface area contributed by atoms with Gasteiger partial charge < -0.3 is 14.2 Å². The Hall–Kier alpha value is -1.44. The molecule has 0 aliphatic carbocycles. The van der Waals surface area contributed by atoms with E-state index in [2.05, 4.69) is 4.72 Å². The van der Waals surface area contributed by atoms with E-state index in [1.54, 1.807) is 31.4 Å². The maximum absolute atomic E-state index is 12.4. The lowest BCUT2D eigenvalue weighted by Gasteiger charge is -2.32. The van der Waals surface area contributed by atoms with Crippen molar-refractivity contribution in [2.75, 3.05) is 26.7 Å². The van der Waals surface area contributed by atoms with Crippen molar-refractivity contribution in [3.63, 3.8) is 0 Å². The first-order chi connectivity index (χ1) is 10.6. The zero-order valence-electron chi connectivity index (χ0n) is 12.6. The molecule has 1 fully saturated rings. The number of amides is 1. The van der Waals surface area contributed by atoms with Crippen LogP contribution in [0.2, 0.25) is 0 Å². The van der Waals surface area contributed by atoms with Gasteiger partial charge in [-0.2, -0.15) is 0 Å². The summed E-state index contributed by atoms with van der Waals surface area (Å²) in [6.07, 6.45) is 2.64. The summed E-state index contributed by atoms with van der Waals surface area (Å²) in [5.41, 5.74) is 0.669. The van der Waals surface area contributed by atoms with Gasteiger partial charge in [0.2, 0.25) is 0 Å². The molecule has 7 heteroatoms. The molecule has 6 nitrogen and oxygen atoms in total. The van der Waals surface area contributed by atoms with Crippen molar-refractivity contribution in [1.29, 1.82) is 0 Å². The van der Waals surface area contributed by atoms with E-state index in [4.69, 9.17) is 4.74 Å². The normalized spacial score (nSPS) is 17.3. The number of hydrogen-bond donors (Lipinski definition) is 1. The van der Waals surface area contributed by atoms with Crippen LogP contribution in [0.1, 0.15) is 29.6 Å². The first-order valence-electron chi connectivity index (χ1n) is 7.36. The first kappa shape index (κ1) is 16.9. The number of benzene rings is 1. The molecule has 0 spiro atoms. The Morgan fingerprint density at radius 1 is 1.36 bits per heavy atom. The second-order valence-electron chi connectivity index (χ2n) is 5.38. The summed E-state index contributed by atoms with van der Waals surface area (Å²) in [7, 11) is 1.60. The van der Waals surface area contributed by atoms with Gasteiger partial charge >= 0.3 is 0 Å². The predicted molar refractivity (Wildman–Crippen MR) is 83.2 cm³/mol. The van der Waals surface area contributed by atoms with Crippen LogP contribution in [0.5, 0.6) is 5.75 Å². The smallest absolute Gasteiger partial charge is 0.253 e. The molecule has 0 saturated carbocycles.